The van der Waals surface area contributed by atoms with E-state index in [1.54, 1.807) is 18.4 Å². The van der Waals surface area contributed by atoms with Crippen LogP contribution in [0.3, 0.4) is 0 Å². The zero-order valence-corrected chi connectivity index (χ0v) is 14.6. The summed E-state index contributed by atoms with van der Waals surface area (Å²) in [4.78, 5) is 29.9. The molecule has 2 heterocycles. The quantitative estimate of drug-likeness (QED) is 0.857. The SMILES string of the molecule is CNC(=O)CNCC(=O)N1CCC(c2nc3ccccc3s2)CC1. The fraction of sp³-hybridized carbons (Fsp3) is 0.471. The first kappa shape index (κ1) is 16.9. The van der Waals surface area contributed by atoms with E-state index >= 15 is 0 Å². The number of fused-ring (bicyclic) bond motifs is 1. The maximum absolute atomic E-state index is 12.2. The second kappa shape index (κ2) is 7.72. The molecule has 24 heavy (non-hydrogen) atoms. The fourth-order valence-corrected chi connectivity index (χ4v) is 4.06. The summed E-state index contributed by atoms with van der Waals surface area (Å²) in [7, 11) is 1.58. The lowest BCUT2D eigenvalue weighted by Crippen LogP contribution is -2.44. The van der Waals surface area contributed by atoms with Crippen LogP contribution in [0.15, 0.2) is 24.3 Å². The van der Waals surface area contributed by atoms with Crippen molar-refractivity contribution in [1.82, 2.24) is 20.5 Å². The summed E-state index contributed by atoms with van der Waals surface area (Å²) in [6, 6.07) is 8.20. The van der Waals surface area contributed by atoms with E-state index < -0.39 is 0 Å². The molecule has 6 nitrogen and oxygen atoms in total. The van der Waals surface area contributed by atoms with Crippen LogP contribution in [0.25, 0.3) is 10.2 Å². The zero-order valence-electron chi connectivity index (χ0n) is 13.7. The van der Waals surface area contributed by atoms with E-state index in [-0.39, 0.29) is 24.9 Å². The number of nitrogens with one attached hydrogen (secondary N) is 2. The van der Waals surface area contributed by atoms with Crippen LogP contribution in [0.1, 0.15) is 23.8 Å². The molecule has 1 saturated heterocycles. The molecule has 0 radical (unpaired) electrons. The predicted molar refractivity (Wildman–Crippen MR) is 95.1 cm³/mol. The van der Waals surface area contributed by atoms with Gasteiger partial charge < -0.3 is 10.2 Å². The molecule has 3 rings (SSSR count). The lowest BCUT2D eigenvalue weighted by molar-refractivity contribution is -0.131. The lowest BCUT2D eigenvalue weighted by atomic mass is 9.97. The van der Waals surface area contributed by atoms with Gasteiger partial charge in [-0.05, 0) is 25.0 Å². The Morgan fingerprint density at radius 2 is 2.00 bits per heavy atom. The molecule has 0 atom stereocenters. The van der Waals surface area contributed by atoms with E-state index in [2.05, 4.69) is 16.7 Å². The Balaban J connectivity index is 1.50. The smallest absolute Gasteiger partial charge is 0.236 e. The van der Waals surface area contributed by atoms with Gasteiger partial charge in [0.15, 0.2) is 0 Å². The Morgan fingerprint density at radius 1 is 1.25 bits per heavy atom. The third-order valence-corrected chi connectivity index (χ3v) is 5.55. The van der Waals surface area contributed by atoms with Gasteiger partial charge in [0.1, 0.15) is 0 Å². The molecule has 2 N–H and O–H groups in total. The maximum Gasteiger partial charge on any atom is 0.236 e. The lowest BCUT2D eigenvalue weighted by Gasteiger charge is -2.31. The summed E-state index contributed by atoms with van der Waals surface area (Å²) in [5.41, 5.74) is 1.06. The molecule has 0 unspecified atom stereocenters. The number of aromatic nitrogens is 1. The van der Waals surface area contributed by atoms with Crippen molar-refractivity contribution in [2.45, 2.75) is 18.8 Å². The van der Waals surface area contributed by atoms with Gasteiger partial charge >= 0.3 is 0 Å². The third-order valence-electron chi connectivity index (χ3n) is 4.35. The van der Waals surface area contributed by atoms with Gasteiger partial charge in [0.25, 0.3) is 0 Å². The molecule has 1 fully saturated rings. The number of para-hydroxylation sites is 1. The van der Waals surface area contributed by atoms with Gasteiger partial charge in [0.05, 0.1) is 28.3 Å². The average Bonchev–Trinajstić information content (AvgIpc) is 3.05. The monoisotopic (exact) mass is 346 g/mol. The normalized spacial score (nSPS) is 15.6. The molecule has 7 heteroatoms. The molecular formula is C17H22N4O2S. The van der Waals surface area contributed by atoms with E-state index in [4.69, 9.17) is 4.98 Å². The third kappa shape index (κ3) is 3.91. The molecule has 0 spiro atoms. The second-order valence-electron chi connectivity index (χ2n) is 5.95. The molecule has 0 bridgehead atoms. The molecule has 2 amide bonds. The Hall–Kier alpha value is -1.99. The predicted octanol–water partition coefficient (Wildman–Crippen LogP) is 1.34. The van der Waals surface area contributed by atoms with Crippen LogP contribution in [0.4, 0.5) is 0 Å². The van der Waals surface area contributed by atoms with E-state index in [0.717, 1.165) is 31.4 Å². The summed E-state index contributed by atoms with van der Waals surface area (Å²) >= 11 is 1.76. The van der Waals surface area contributed by atoms with Gasteiger partial charge in [-0.3, -0.25) is 14.9 Å². The highest BCUT2D eigenvalue weighted by atomic mass is 32.1. The highest BCUT2D eigenvalue weighted by Gasteiger charge is 2.25. The number of carbonyl (C=O) groups is 2. The Bertz CT molecular complexity index is 689. The topological polar surface area (TPSA) is 74.3 Å². The minimum atomic E-state index is -0.114. The van der Waals surface area contributed by atoms with Gasteiger partial charge in [0, 0.05) is 26.1 Å². The van der Waals surface area contributed by atoms with Crippen molar-refractivity contribution in [1.29, 1.82) is 0 Å². The summed E-state index contributed by atoms with van der Waals surface area (Å²) in [6.07, 6.45) is 1.89. The van der Waals surface area contributed by atoms with Gasteiger partial charge in [-0.25, -0.2) is 4.98 Å². The second-order valence-corrected chi connectivity index (χ2v) is 7.01. The molecule has 1 aliphatic rings. The number of nitrogens with zero attached hydrogens (tertiary/aromatic N) is 2. The van der Waals surface area contributed by atoms with Gasteiger partial charge in [-0.15, -0.1) is 11.3 Å². The number of piperidine rings is 1. The van der Waals surface area contributed by atoms with Gasteiger partial charge in [-0.1, -0.05) is 12.1 Å². The van der Waals surface area contributed by atoms with Crippen LogP contribution >= 0.6 is 11.3 Å². The summed E-state index contributed by atoms with van der Waals surface area (Å²) in [5, 5.41) is 6.58. The molecule has 128 valence electrons. The number of thiazole rings is 1. The van der Waals surface area contributed by atoms with Crippen molar-refractivity contribution in [3.63, 3.8) is 0 Å². The Labute approximate surface area is 145 Å². The number of hydrogen-bond acceptors (Lipinski definition) is 5. The van der Waals surface area contributed by atoms with Gasteiger partial charge in [-0.2, -0.15) is 0 Å². The number of likely N-dealkylation sites (N-methyl/N-ethyl adjacent to an activating group) is 1. The zero-order chi connectivity index (χ0) is 16.9. The van der Waals surface area contributed by atoms with Crippen LogP contribution in [-0.2, 0) is 9.59 Å². The van der Waals surface area contributed by atoms with Crippen molar-refractivity contribution in [3.8, 4) is 0 Å². The summed E-state index contributed by atoms with van der Waals surface area (Å²) in [6.45, 7) is 1.88. The number of likely N-dealkylation sites (tertiary alicyclic amines) is 1. The van der Waals surface area contributed by atoms with Crippen molar-refractivity contribution < 1.29 is 9.59 Å². The number of benzene rings is 1. The number of carbonyl (C=O) groups excluding carboxylic acids is 2. The van der Waals surface area contributed by atoms with Crippen LogP contribution in [0.5, 0.6) is 0 Å². The first-order valence-electron chi connectivity index (χ1n) is 8.22. The minimum Gasteiger partial charge on any atom is -0.358 e. The summed E-state index contributed by atoms with van der Waals surface area (Å²) in [5.74, 6) is 0.379. The van der Waals surface area contributed by atoms with Crippen LogP contribution in [0, 0.1) is 0 Å². The van der Waals surface area contributed by atoms with Crippen molar-refractivity contribution in [2.24, 2.45) is 0 Å². The average molecular weight is 346 g/mol. The highest BCUT2D eigenvalue weighted by molar-refractivity contribution is 7.18. The first-order valence-corrected chi connectivity index (χ1v) is 9.03. The molecule has 2 aromatic rings. The Morgan fingerprint density at radius 3 is 2.71 bits per heavy atom. The van der Waals surface area contributed by atoms with E-state index in [0.29, 0.717) is 5.92 Å². The fourth-order valence-electron chi connectivity index (χ4n) is 2.92. The van der Waals surface area contributed by atoms with Crippen LogP contribution in [-0.4, -0.2) is 54.9 Å². The molecular weight excluding hydrogens is 324 g/mol. The highest BCUT2D eigenvalue weighted by Crippen LogP contribution is 2.33. The first-order chi connectivity index (χ1) is 11.7. The van der Waals surface area contributed by atoms with Crippen LogP contribution < -0.4 is 10.6 Å². The number of hydrogen-bond donors (Lipinski definition) is 2. The van der Waals surface area contributed by atoms with E-state index in [1.165, 1.54) is 9.71 Å². The molecule has 1 aliphatic heterocycles. The molecule has 1 aromatic carbocycles. The summed E-state index contributed by atoms with van der Waals surface area (Å²) < 4.78 is 1.23. The molecule has 0 aliphatic carbocycles. The molecule has 0 saturated carbocycles. The standard InChI is InChI=1S/C17H22N4O2S/c1-18-15(22)10-19-11-16(23)21-8-6-12(7-9-21)17-20-13-4-2-3-5-14(13)24-17/h2-5,12,19H,6-11H2,1H3,(H,18,22). The number of amides is 2. The molecule has 1 aromatic heterocycles. The number of rotatable bonds is 5. The minimum absolute atomic E-state index is 0.0571. The van der Waals surface area contributed by atoms with Gasteiger partial charge in [0.2, 0.25) is 11.8 Å². The van der Waals surface area contributed by atoms with E-state index in [1.807, 2.05) is 23.1 Å². The Kier molecular flexibility index (Phi) is 5.42. The van der Waals surface area contributed by atoms with Crippen LogP contribution in [0.2, 0.25) is 0 Å². The van der Waals surface area contributed by atoms with Crippen molar-refractivity contribution in [3.05, 3.63) is 29.3 Å². The van der Waals surface area contributed by atoms with E-state index in [9.17, 15) is 9.59 Å². The van der Waals surface area contributed by atoms with Crippen molar-refractivity contribution in [2.75, 3.05) is 33.2 Å². The largest absolute Gasteiger partial charge is 0.358 e. The maximum atomic E-state index is 12.2. The van der Waals surface area contributed by atoms with Crippen molar-refractivity contribution >= 4 is 33.4 Å².